The Morgan fingerprint density at radius 2 is 2.14 bits per heavy atom. The lowest BCUT2D eigenvalue weighted by Crippen LogP contribution is -2.77. The fraction of sp³-hybridized carbons (Fsp3) is 1.00. The summed E-state index contributed by atoms with van der Waals surface area (Å²) >= 11 is 0. The molecule has 0 spiro atoms. The topological polar surface area (TPSA) is 35.5 Å². The highest BCUT2D eigenvalue weighted by atomic mass is 16.3. The van der Waals surface area contributed by atoms with Crippen LogP contribution in [0.25, 0.3) is 0 Å². The molecule has 2 saturated heterocycles. The van der Waals surface area contributed by atoms with E-state index in [2.05, 4.69) is 17.1 Å². The maximum atomic E-state index is 8.57. The van der Waals surface area contributed by atoms with Crippen molar-refractivity contribution in [1.29, 1.82) is 0 Å². The zero-order valence-electron chi connectivity index (χ0n) is 9.08. The van der Waals surface area contributed by atoms with E-state index in [0.717, 1.165) is 37.6 Å². The van der Waals surface area contributed by atoms with E-state index in [4.69, 9.17) is 5.11 Å². The Balaban J connectivity index is 0.000000128. The van der Waals surface area contributed by atoms with Gasteiger partial charge in [-0.3, -0.25) is 4.90 Å². The molecule has 0 radical (unpaired) electrons. The van der Waals surface area contributed by atoms with Crippen molar-refractivity contribution < 1.29 is 5.11 Å². The van der Waals surface area contributed by atoms with E-state index in [1.54, 1.807) is 0 Å². The summed E-state index contributed by atoms with van der Waals surface area (Å²) < 4.78 is 0. The molecular formula is C11H22N2O. The quantitative estimate of drug-likeness (QED) is 0.676. The highest BCUT2D eigenvalue weighted by Gasteiger charge is 2.44. The van der Waals surface area contributed by atoms with Crippen LogP contribution in [0.15, 0.2) is 0 Å². The minimum atomic E-state index is 0.309. The molecule has 0 bridgehead atoms. The Morgan fingerprint density at radius 1 is 1.43 bits per heavy atom. The average molecular weight is 198 g/mol. The van der Waals surface area contributed by atoms with Crippen molar-refractivity contribution in [3.05, 3.63) is 0 Å². The maximum Gasteiger partial charge on any atom is 0.0558 e. The van der Waals surface area contributed by atoms with Gasteiger partial charge in [-0.1, -0.05) is 26.2 Å². The second-order valence-corrected chi connectivity index (χ2v) is 4.84. The van der Waals surface area contributed by atoms with Crippen LogP contribution >= 0.6 is 0 Å². The fourth-order valence-corrected chi connectivity index (χ4v) is 2.21. The summed E-state index contributed by atoms with van der Waals surface area (Å²) in [7, 11) is 0. The highest BCUT2D eigenvalue weighted by Crippen LogP contribution is 2.24. The number of nitrogens with zero attached hydrogens (tertiary/aromatic N) is 1. The first-order valence-corrected chi connectivity index (χ1v) is 5.89. The van der Waals surface area contributed by atoms with E-state index in [1.807, 2.05) is 0 Å². The normalized spacial score (nSPS) is 35.6. The zero-order chi connectivity index (χ0) is 9.97. The van der Waals surface area contributed by atoms with Gasteiger partial charge in [-0.15, -0.1) is 0 Å². The summed E-state index contributed by atoms with van der Waals surface area (Å²) in [5.41, 5.74) is 0. The molecule has 14 heavy (non-hydrogen) atoms. The van der Waals surface area contributed by atoms with Crippen LogP contribution in [0.4, 0.5) is 0 Å². The number of β-amino-alcohol motifs (C(OH)–C–C–N with tert-alkyl or cyclic N) is 1. The number of likely N-dealkylation sites (tertiary alicyclic amines) is 1. The average Bonchev–Trinajstić information content (AvgIpc) is 2.11. The monoisotopic (exact) mass is 198 g/mol. The van der Waals surface area contributed by atoms with Crippen LogP contribution in [0.2, 0.25) is 0 Å². The molecule has 3 aliphatic rings. The lowest BCUT2D eigenvalue weighted by Gasteiger charge is -2.56. The van der Waals surface area contributed by atoms with Crippen molar-refractivity contribution in [2.45, 2.75) is 38.3 Å². The van der Waals surface area contributed by atoms with Gasteiger partial charge in [0.15, 0.2) is 0 Å². The van der Waals surface area contributed by atoms with E-state index in [-0.39, 0.29) is 0 Å². The predicted molar refractivity (Wildman–Crippen MR) is 57.3 cm³/mol. The number of fused-ring (bicyclic) bond motifs is 1. The Bertz CT molecular complexity index is 180. The van der Waals surface area contributed by atoms with Crippen LogP contribution in [0.3, 0.4) is 0 Å². The molecule has 0 aromatic rings. The van der Waals surface area contributed by atoms with Crippen molar-refractivity contribution in [3.63, 3.8) is 0 Å². The van der Waals surface area contributed by atoms with Crippen molar-refractivity contribution in [1.82, 2.24) is 10.2 Å². The maximum absolute atomic E-state index is 8.57. The first-order chi connectivity index (χ1) is 6.81. The van der Waals surface area contributed by atoms with Crippen molar-refractivity contribution >= 4 is 0 Å². The van der Waals surface area contributed by atoms with E-state index >= 15 is 0 Å². The minimum absolute atomic E-state index is 0.309. The number of aliphatic hydroxyl groups is 1. The molecule has 3 rings (SSSR count). The molecule has 2 heterocycles. The molecule has 2 N–H and O–H groups in total. The number of hydrogen-bond donors (Lipinski definition) is 2. The molecule has 0 aromatic carbocycles. The van der Waals surface area contributed by atoms with Gasteiger partial charge >= 0.3 is 0 Å². The predicted octanol–water partition coefficient (Wildman–Crippen LogP) is 0.441. The standard InChI is InChI=1S/C6H12N2O.C5H10/c9-2-1-8-4-5-6(8)3-7-5;1-5-3-2-4-5/h5-7,9H,1-4H2;5H,2-4H2,1H3. The number of aliphatic hydroxyl groups excluding tert-OH is 1. The molecular weight excluding hydrogens is 176 g/mol. The van der Waals surface area contributed by atoms with Crippen LogP contribution in [0.1, 0.15) is 26.2 Å². The summed E-state index contributed by atoms with van der Waals surface area (Å²) in [5.74, 6) is 1.06. The van der Waals surface area contributed by atoms with Gasteiger partial charge in [0.2, 0.25) is 0 Å². The molecule has 2 aliphatic heterocycles. The number of piperazine rings is 1. The third kappa shape index (κ3) is 2.10. The Labute approximate surface area is 86.5 Å². The van der Waals surface area contributed by atoms with Crippen LogP contribution < -0.4 is 5.32 Å². The number of nitrogens with one attached hydrogen (secondary N) is 1. The lowest BCUT2D eigenvalue weighted by atomic mass is 9.88. The van der Waals surface area contributed by atoms with Gasteiger partial charge in [0.25, 0.3) is 0 Å². The Kier molecular flexibility index (Phi) is 3.42. The largest absolute Gasteiger partial charge is 0.395 e. The first-order valence-electron chi connectivity index (χ1n) is 5.89. The smallest absolute Gasteiger partial charge is 0.0558 e. The summed E-state index contributed by atoms with van der Waals surface area (Å²) in [5, 5.41) is 11.9. The molecule has 0 aromatic heterocycles. The van der Waals surface area contributed by atoms with Crippen LogP contribution in [0, 0.1) is 5.92 Å². The fourth-order valence-electron chi connectivity index (χ4n) is 2.21. The SMILES string of the molecule is CC1CCC1.OCCN1CC2NCC21. The number of hydrogen-bond acceptors (Lipinski definition) is 3. The number of rotatable bonds is 2. The van der Waals surface area contributed by atoms with Crippen molar-refractivity contribution in [3.8, 4) is 0 Å². The van der Waals surface area contributed by atoms with E-state index < -0.39 is 0 Å². The second-order valence-electron chi connectivity index (χ2n) is 4.84. The molecule has 82 valence electrons. The third-order valence-corrected chi connectivity index (χ3v) is 3.73. The summed E-state index contributed by atoms with van der Waals surface area (Å²) in [6.07, 6.45) is 4.46. The molecule has 3 fully saturated rings. The summed E-state index contributed by atoms with van der Waals surface area (Å²) in [4.78, 5) is 2.32. The molecule has 1 aliphatic carbocycles. The van der Waals surface area contributed by atoms with Crippen LogP contribution in [-0.4, -0.2) is 48.3 Å². The molecule has 2 atom stereocenters. The van der Waals surface area contributed by atoms with Gasteiger partial charge in [-0.2, -0.15) is 0 Å². The Hall–Kier alpha value is -0.120. The van der Waals surface area contributed by atoms with Crippen LogP contribution in [-0.2, 0) is 0 Å². The summed E-state index contributed by atoms with van der Waals surface area (Å²) in [6, 6.07) is 1.52. The Morgan fingerprint density at radius 3 is 2.36 bits per heavy atom. The molecule has 1 saturated carbocycles. The van der Waals surface area contributed by atoms with Crippen molar-refractivity contribution in [2.75, 3.05) is 26.2 Å². The van der Waals surface area contributed by atoms with Gasteiger partial charge in [0.05, 0.1) is 6.61 Å². The second kappa shape index (κ2) is 4.60. The molecule has 2 unspecified atom stereocenters. The van der Waals surface area contributed by atoms with Gasteiger partial charge in [-0.25, -0.2) is 0 Å². The van der Waals surface area contributed by atoms with Gasteiger partial charge in [0.1, 0.15) is 0 Å². The first kappa shape index (κ1) is 10.4. The van der Waals surface area contributed by atoms with Gasteiger partial charge < -0.3 is 10.4 Å². The molecule has 3 heteroatoms. The minimum Gasteiger partial charge on any atom is -0.395 e. The van der Waals surface area contributed by atoms with Crippen molar-refractivity contribution in [2.24, 2.45) is 5.92 Å². The lowest BCUT2D eigenvalue weighted by molar-refractivity contribution is -0.0260. The summed E-state index contributed by atoms with van der Waals surface area (Å²) in [6.45, 7) is 5.76. The van der Waals surface area contributed by atoms with Gasteiger partial charge in [0, 0.05) is 31.7 Å². The van der Waals surface area contributed by atoms with E-state index in [1.165, 1.54) is 19.3 Å². The third-order valence-electron chi connectivity index (χ3n) is 3.73. The molecule has 0 amide bonds. The highest BCUT2D eigenvalue weighted by molar-refractivity contribution is 5.05. The van der Waals surface area contributed by atoms with E-state index in [9.17, 15) is 0 Å². The van der Waals surface area contributed by atoms with E-state index in [0.29, 0.717) is 6.61 Å². The van der Waals surface area contributed by atoms with Gasteiger partial charge in [-0.05, 0) is 5.92 Å². The van der Waals surface area contributed by atoms with Crippen LogP contribution in [0.5, 0.6) is 0 Å². The zero-order valence-corrected chi connectivity index (χ0v) is 9.08. The molecule has 3 nitrogen and oxygen atoms in total.